The maximum atomic E-state index is 13.5. The van der Waals surface area contributed by atoms with E-state index in [0.717, 1.165) is 76.9 Å². The third-order valence-corrected chi connectivity index (χ3v) is 6.69. The SMILES string of the molecule is C/C=C\N(/C=C/CC)CC[C@@H](C)N(CC(=O)N(CCCC)CCCC)CC(C)/C=C/C=C(\CC)OCO/C=C/C. The lowest BCUT2D eigenvalue weighted by Gasteiger charge is -2.33. The van der Waals surface area contributed by atoms with Crippen molar-refractivity contribution in [1.82, 2.24) is 14.7 Å². The summed E-state index contributed by atoms with van der Waals surface area (Å²) in [6.07, 6.45) is 25.4. The second-order valence-corrected chi connectivity index (χ2v) is 10.4. The standard InChI is InChI=1S/C34H61N3O3/c1-9-15-23-35(22-12-4)26-21-32(8)37(29-34(38)36(24-16-10-2)25-17-11-3)28-31(7)19-18-20-33(14-6)40-30-39-27-13-5/h12-13,15,18-20,22-23,27,31-32H,9-11,14,16-17,21,24-26,28-30H2,1-8H3/b19-18+,22-12-,23-15+,27-13+,33-20+/t31?,32-/m1/s1. The van der Waals surface area contributed by atoms with E-state index in [9.17, 15) is 4.79 Å². The van der Waals surface area contributed by atoms with E-state index in [2.05, 4.69) is 99.9 Å². The molecule has 0 aliphatic heterocycles. The molecule has 0 aromatic carbocycles. The first-order chi connectivity index (χ1) is 19.4. The van der Waals surface area contributed by atoms with Crippen LogP contribution in [-0.4, -0.2) is 66.2 Å². The molecule has 1 unspecified atom stereocenters. The minimum absolute atomic E-state index is 0.213. The summed E-state index contributed by atoms with van der Waals surface area (Å²) in [5.41, 5.74) is 0. The van der Waals surface area contributed by atoms with Crippen molar-refractivity contribution in [2.75, 3.05) is 39.5 Å². The van der Waals surface area contributed by atoms with Gasteiger partial charge in [0.25, 0.3) is 0 Å². The summed E-state index contributed by atoms with van der Waals surface area (Å²) < 4.78 is 11.0. The number of nitrogens with zero attached hydrogens (tertiary/aromatic N) is 3. The average molecular weight is 560 g/mol. The van der Waals surface area contributed by atoms with Gasteiger partial charge in [-0.3, -0.25) is 9.69 Å². The Morgan fingerprint density at radius 2 is 1.62 bits per heavy atom. The number of carbonyl (C=O) groups excluding carboxylic acids is 1. The minimum Gasteiger partial charge on any atom is -0.465 e. The lowest BCUT2D eigenvalue weighted by Crippen LogP contribution is -2.46. The van der Waals surface area contributed by atoms with E-state index in [1.54, 1.807) is 6.26 Å². The third kappa shape index (κ3) is 18.8. The van der Waals surface area contributed by atoms with Crippen LogP contribution in [0.25, 0.3) is 0 Å². The first-order valence-corrected chi connectivity index (χ1v) is 15.7. The third-order valence-electron chi connectivity index (χ3n) is 6.69. The second-order valence-electron chi connectivity index (χ2n) is 10.4. The summed E-state index contributed by atoms with van der Waals surface area (Å²) in [5.74, 6) is 1.43. The highest BCUT2D eigenvalue weighted by Crippen LogP contribution is 2.13. The van der Waals surface area contributed by atoms with E-state index in [-0.39, 0.29) is 24.7 Å². The number of hydrogen-bond acceptors (Lipinski definition) is 5. The fraction of sp³-hybridized carbons (Fsp3) is 0.676. The minimum atomic E-state index is 0.213. The van der Waals surface area contributed by atoms with E-state index in [1.807, 2.05) is 19.1 Å². The van der Waals surface area contributed by atoms with Gasteiger partial charge in [-0.15, -0.1) is 0 Å². The number of hydrogen-bond donors (Lipinski definition) is 0. The molecule has 0 aliphatic carbocycles. The first-order valence-electron chi connectivity index (χ1n) is 15.7. The summed E-state index contributed by atoms with van der Waals surface area (Å²) in [4.78, 5) is 20.2. The maximum absolute atomic E-state index is 13.5. The van der Waals surface area contributed by atoms with Gasteiger partial charge in [0.2, 0.25) is 12.7 Å². The smallest absolute Gasteiger partial charge is 0.236 e. The zero-order valence-electron chi connectivity index (χ0n) is 27.1. The summed E-state index contributed by atoms with van der Waals surface area (Å²) in [5, 5.41) is 0. The second kappa shape index (κ2) is 25.5. The van der Waals surface area contributed by atoms with E-state index in [4.69, 9.17) is 9.47 Å². The number of allylic oxidation sites excluding steroid dienone is 6. The molecule has 0 heterocycles. The number of ether oxygens (including phenoxy) is 2. The molecule has 0 spiro atoms. The number of amides is 1. The summed E-state index contributed by atoms with van der Waals surface area (Å²) in [6.45, 7) is 21.2. The predicted molar refractivity (Wildman–Crippen MR) is 172 cm³/mol. The van der Waals surface area contributed by atoms with Crippen LogP contribution >= 0.6 is 0 Å². The van der Waals surface area contributed by atoms with Crippen LogP contribution in [0, 0.1) is 5.92 Å². The largest absolute Gasteiger partial charge is 0.465 e. The molecule has 40 heavy (non-hydrogen) atoms. The van der Waals surface area contributed by atoms with Gasteiger partial charge in [0.05, 0.1) is 12.8 Å². The predicted octanol–water partition coefficient (Wildman–Crippen LogP) is 8.27. The topological polar surface area (TPSA) is 45.2 Å². The van der Waals surface area contributed by atoms with Crippen LogP contribution in [0.15, 0.2) is 60.9 Å². The van der Waals surface area contributed by atoms with Crippen LogP contribution in [0.3, 0.4) is 0 Å². The Kier molecular flexibility index (Phi) is 23.9. The lowest BCUT2D eigenvalue weighted by atomic mass is 10.1. The Labute approximate surface area is 247 Å². The van der Waals surface area contributed by atoms with Crippen LogP contribution in [0.4, 0.5) is 0 Å². The van der Waals surface area contributed by atoms with Gasteiger partial charge < -0.3 is 19.3 Å². The molecule has 0 aliphatic rings. The van der Waals surface area contributed by atoms with Gasteiger partial charge in [-0.2, -0.15) is 0 Å². The molecule has 6 nitrogen and oxygen atoms in total. The van der Waals surface area contributed by atoms with E-state index in [1.165, 1.54) is 0 Å². The van der Waals surface area contributed by atoms with Gasteiger partial charge in [-0.25, -0.2) is 0 Å². The molecule has 0 radical (unpaired) electrons. The number of rotatable bonds is 24. The van der Waals surface area contributed by atoms with Gasteiger partial charge in [0.15, 0.2) is 0 Å². The fourth-order valence-electron chi connectivity index (χ4n) is 4.18. The Balaban J connectivity index is 5.56. The van der Waals surface area contributed by atoms with Crippen molar-refractivity contribution in [3.63, 3.8) is 0 Å². The number of unbranched alkanes of at least 4 members (excludes halogenated alkanes) is 2. The first kappa shape index (κ1) is 37.5. The van der Waals surface area contributed by atoms with Crippen LogP contribution in [0.5, 0.6) is 0 Å². The molecule has 0 saturated carbocycles. The Bertz CT molecular complexity index is 764. The van der Waals surface area contributed by atoms with E-state index < -0.39 is 0 Å². The molecule has 1 amide bonds. The van der Waals surface area contributed by atoms with E-state index in [0.29, 0.717) is 6.54 Å². The Morgan fingerprint density at radius 3 is 2.20 bits per heavy atom. The molecule has 2 atom stereocenters. The van der Waals surface area contributed by atoms with Crippen molar-refractivity contribution in [2.24, 2.45) is 5.92 Å². The van der Waals surface area contributed by atoms with Crippen molar-refractivity contribution >= 4 is 5.91 Å². The zero-order chi connectivity index (χ0) is 30.0. The molecular formula is C34H61N3O3. The van der Waals surface area contributed by atoms with Crippen LogP contribution < -0.4 is 0 Å². The molecule has 6 heteroatoms. The molecule has 0 aromatic heterocycles. The highest BCUT2D eigenvalue weighted by Gasteiger charge is 2.22. The maximum Gasteiger partial charge on any atom is 0.236 e. The lowest BCUT2D eigenvalue weighted by molar-refractivity contribution is -0.133. The molecule has 0 fully saturated rings. The van der Waals surface area contributed by atoms with Crippen molar-refractivity contribution in [2.45, 2.75) is 106 Å². The van der Waals surface area contributed by atoms with Gasteiger partial charge in [0, 0.05) is 38.6 Å². The molecule has 230 valence electrons. The van der Waals surface area contributed by atoms with Gasteiger partial charge in [0.1, 0.15) is 5.76 Å². The normalized spacial score (nSPS) is 14.2. The van der Waals surface area contributed by atoms with E-state index >= 15 is 0 Å². The highest BCUT2D eigenvalue weighted by atomic mass is 16.7. The molecule has 0 saturated heterocycles. The summed E-state index contributed by atoms with van der Waals surface area (Å²) >= 11 is 0. The average Bonchev–Trinajstić information content (AvgIpc) is 2.95. The van der Waals surface area contributed by atoms with Gasteiger partial charge in [-0.05, 0) is 70.8 Å². The van der Waals surface area contributed by atoms with Crippen molar-refractivity contribution in [3.05, 3.63) is 60.9 Å². The quantitative estimate of drug-likeness (QED) is 0.0515. The number of carbonyl (C=O) groups is 1. The van der Waals surface area contributed by atoms with Crippen LogP contribution in [-0.2, 0) is 14.3 Å². The highest BCUT2D eigenvalue weighted by molar-refractivity contribution is 5.78. The zero-order valence-corrected chi connectivity index (χ0v) is 27.1. The molecule has 0 bridgehead atoms. The molecule has 0 aromatic rings. The van der Waals surface area contributed by atoms with Crippen LogP contribution in [0.2, 0.25) is 0 Å². The van der Waals surface area contributed by atoms with Crippen LogP contribution in [0.1, 0.15) is 100 Å². The monoisotopic (exact) mass is 559 g/mol. The van der Waals surface area contributed by atoms with Gasteiger partial charge >= 0.3 is 0 Å². The Morgan fingerprint density at radius 1 is 0.925 bits per heavy atom. The van der Waals surface area contributed by atoms with Gasteiger partial charge in [-0.1, -0.05) is 77.8 Å². The summed E-state index contributed by atoms with van der Waals surface area (Å²) in [6, 6.07) is 0.274. The fourth-order valence-corrected chi connectivity index (χ4v) is 4.18. The Hall–Kier alpha value is -2.47. The van der Waals surface area contributed by atoms with Crippen molar-refractivity contribution < 1.29 is 14.3 Å². The van der Waals surface area contributed by atoms with Crippen molar-refractivity contribution in [3.8, 4) is 0 Å². The summed E-state index contributed by atoms with van der Waals surface area (Å²) in [7, 11) is 0. The molecule has 0 rings (SSSR count). The molecule has 0 N–H and O–H groups in total. The van der Waals surface area contributed by atoms with Crippen molar-refractivity contribution in [1.29, 1.82) is 0 Å². The molecular weight excluding hydrogens is 498 g/mol.